The van der Waals surface area contributed by atoms with E-state index in [9.17, 15) is 4.79 Å². The number of carbonyl (C=O) groups excluding carboxylic acids is 1. The van der Waals surface area contributed by atoms with Crippen molar-refractivity contribution in [1.29, 1.82) is 0 Å². The Morgan fingerprint density at radius 3 is 2.47 bits per heavy atom. The van der Waals surface area contributed by atoms with Gasteiger partial charge in [0.05, 0.1) is 6.42 Å². The second-order valence-electron chi connectivity index (χ2n) is 4.23. The van der Waals surface area contributed by atoms with E-state index in [1.165, 1.54) is 0 Å². The van der Waals surface area contributed by atoms with Gasteiger partial charge >= 0.3 is 0 Å². The summed E-state index contributed by atoms with van der Waals surface area (Å²) in [5.41, 5.74) is 7.52. The predicted octanol–water partition coefficient (Wildman–Crippen LogP) is 1.08. The number of hydrogen-bond donors (Lipinski definition) is 2. The summed E-state index contributed by atoms with van der Waals surface area (Å²) in [6.07, 6.45) is 1.41. The van der Waals surface area contributed by atoms with Crippen LogP contribution in [0.3, 0.4) is 0 Å². The Bertz CT molecular complexity index is 346. The predicted molar refractivity (Wildman–Crippen MR) is 71.0 cm³/mol. The van der Waals surface area contributed by atoms with Gasteiger partial charge in [0.1, 0.15) is 0 Å². The normalized spacial score (nSPS) is 10.1. The summed E-state index contributed by atoms with van der Waals surface area (Å²) in [6.45, 7) is 1.58. The van der Waals surface area contributed by atoms with Crippen LogP contribution in [0.4, 0.5) is 5.69 Å². The lowest BCUT2D eigenvalue weighted by Crippen LogP contribution is -2.23. The third kappa shape index (κ3) is 4.87. The first-order valence-corrected chi connectivity index (χ1v) is 5.86. The molecule has 1 rings (SSSR count). The monoisotopic (exact) mass is 235 g/mol. The standard InChI is InChI=1S/C13H21N3O/c1-16(2)13(17)10-11-4-6-12(7-5-11)15-9-3-8-14/h4-7,15H,3,8-10,14H2,1-2H3. The molecule has 0 unspecified atom stereocenters. The van der Waals surface area contributed by atoms with Gasteiger partial charge in [0.25, 0.3) is 0 Å². The van der Waals surface area contributed by atoms with E-state index in [0.29, 0.717) is 13.0 Å². The van der Waals surface area contributed by atoms with Gasteiger partial charge in [-0.25, -0.2) is 0 Å². The highest BCUT2D eigenvalue weighted by atomic mass is 16.2. The van der Waals surface area contributed by atoms with Crippen LogP contribution in [-0.2, 0) is 11.2 Å². The van der Waals surface area contributed by atoms with Crippen molar-refractivity contribution in [3.05, 3.63) is 29.8 Å². The lowest BCUT2D eigenvalue weighted by atomic mass is 10.1. The Hall–Kier alpha value is -1.55. The highest BCUT2D eigenvalue weighted by Gasteiger charge is 2.04. The average molecular weight is 235 g/mol. The van der Waals surface area contributed by atoms with Crippen LogP contribution in [0, 0.1) is 0 Å². The molecule has 4 heteroatoms. The van der Waals surface area contributed by atoms with E-state index < -0.39 is 0 Å². The van der Waals surface area contributed by atoms with Crippen LogP contribution in [0.15, 0.2) is 24.3 Å². The SMILES string of the molecule is CN(C)C(=O)Cc1ccc(NCCCN)cc1. The number of benzene rings is 1. The number of nitrogens with one attached hydrogen (secondary N) is 1. The summed E-state index contributed by atoms with van der Waals surface area (Å²) in [4.78, 5) is 13.1. The molecule has 0 spiro atoms. The molecule has 0 aliphatic heterocycles. The lowest BCUT2D eigenvalue weighted by Gasteiger charge is -2.10. The zero-order chi connectivity index (χ0) is 12.7. The molecular weight excluding hydrogens is 214 g/mol. The van der Waals surface area contributed by atoms with E-state index in [0.717, 1.165) is 24.2 Å². The Morgan fingerprint density at radius 2 is 1.94 bits per heavy atom. The van der Waals surface area contributed by atoms with Gasteiger partial charge < -0.3 is 16.0 Å². The lowest BCUT2D eigenvalue weighted by molar-refractivity contribution is -0.127. The Kier molecular flexibility index (Phi) is 5.49. The third-order valence-electron chi connectivity index (χ3n) is 2.52. The van der Waals surface area contributed by atoms with Gasteiger partial charge in [0.2, 0.25) is 5.91 Å². The molecule has 1 aromatic rings. The van der Waals surface area contributed by atoms with E-state index in [4.69, 9.17) is 5.73 Å². The number of rotatable bonds is 6. The van der Waals surface area contributed by atoms with Crippen molar-refractivity contribution in [2.24, 2.45) is 5.73 Å². The topological polar surface area (TPSA) is 58.4 Å². The van der Waals surface area contributed by atoms with Gasteiger partial charge in [0.15, 0.2) is 0 Å². The van der Waals surface area contributed by atoms with Crippen molar-refractivity contribution in [3.8, 4) is 0 Å². The maximum atomic E-state index is 11.5. The molecule has 17 heavy (non-hydrogen) atoms. The van der Waals surface area contributed by atoms with E-state index in [1.807, 2.05) is 24.3 Å². The summed E-state index contributed by atoms with van der Waals surface area (Å²) >= 11 is 0. The van der Waals surface area contributed by atoms with E-state index in [-0.39, 0.29) is 5.91 Å². The second kappa shape index (κ2) is 6.91. The van der Waals surface area contributed by atoms with Gasteiger partial charge in [-0.05, 0) is 30.7 Å². The van der Waals surface area contributed by atoms with Crippen LogP contribution in [0.25, 0.3) is 0 Å². The molecule has 0 heterocycles. The highest BCUT2D eigenvalue weighted by Crippen LogP contribution is 2.10. The Morgan fingerprint density at radius 1 is 1.29 bits per heavy atom. The van der Waals surface area contributed by atoms with Crippen LogP contribution < -0.4 is 11.1 Å². The minimum Gasteiger partial charge on any atom is -0.385 e. The van der Waals surface area contributed by atoms with Gasteiger partial charge in [0, 0.05) is 26.3 Å². The number of likely N-dealkylation sites (N-methyl/N-ethyl adjacent to an activating group) is 1. The maximum absolute atomic E-state index is 11.5. The van der Waals surface area contributed by atoms with Gasteiger partial charge in [-0.1, -0.05) is 12.1 Å². The molecule has 0 radical (unpaired) electrons. The molecule has 0 aromatic heterocycles. The van der Waals surface area contributed by atoms with Gasteiger partial charge in [-0.15, -0.1) is 0 Å². The van der Waals surface area contributed by atoms with Crippen molar-refractivity contribution in [2.45, 2.75) is 12.8 Å². The maximum Gasteiger partial charge on any atom is 0.226 e. The summed E-state index contributed by atoms with van der Waals surface area (Å²) in [7, 11) is 3.54. The van der Waals surface area contributed by atoms with Crippen molar-refractivity contribution in [3.63, 3.8) is 0 Å². The third-order valence-corrected chi connectivity index (χ3v) is 2.52. The zero-order valence-corrected chi connectivity index (χ0v) is 10.6. The molecule has 0 fully saturated rings. The molecule has 4 nitrogen and oxygen atoms in total. The van der Waals surface area contributed by atoms with Crippen LogP contribution in [-0.4, -0.2) is 38.0 Å². The first-order chi connectivity index (χ1) is 8.13. The van der Waals surface area contributed by atoms with Crippen LogP contribution >= 0.6 is 0 Å². The Balaban J connectivity index is 2.47. The zero-order valence-electron chi connectivity index (χ0n) is 10.6. The molecule has 0 bridgehead atoms. The second-order valence-corrected chi connectivity index (χ2v) is 4.23. The number of nitrogens with two attached hydrogens (primary N) is 1. The first-order valence-electron chi connectivity index (χ1n) is 5.86. The quantitative estimate of drug-likeness (QED) is 0.725. The molecular formula is C13H21N3O. The number of hydrogen-bond acceptors (Lipinski definition) is 3. The summed E-state index contributed by atoms with van der Waals surface area (Å²) in [5, 5.41) is 3.27. The van der Waals surface area contributed by atoms with E-state index in [2.05, 4.69) is 5.32 Å². The van der Waals surface area contributed by atoms with E-state index in [1.54, 1.807) is 19.0 Å². The summed E-state index contributed by atoms with van der Waals surface area (Å²) < 4.78 is 0. The smallest absolute Gasteiger partial charge is 0.226 e. The molecule has 1 aromatic carbocycles. The van der Waals surface area contributed by atoms with Crippen molar-refractivity contribution >= 4 is 11.6 Å². The molecule has 0 saturated heterocycles. The molecule has 1 amide bonds. The fraction of sp³-hybridized carbons (Fsp3) is 0.462. The van der Waals surface area contributed by atoms with Crippen LogP contribution in [0.2, 0.25) is 0 Å². The van der Waals surface area contributed by atoms with E-state index >= 15 is 0 Å². The molecule has 0 aliphatic carbocycles. The van der Waals surface area contributed by atoms with Crippen molar-refractivity contribution in [1.82, 2.24) is 4.90 Å². The van der Waals surface area contributed by atoms with Crippen molar-refractivity contribution in [2.75, 3.05) is 32.5 Å². The fourth-order valence-corrected chi connectivity index (χ4v) is 1.41. The molecule has 94 valence electrons. The molecule has 0 saturated carbocycles. The number of nitrogens with zero attached hydrogens (tertiary/aromatic N) is 1. The Labute approximate surface area is 103 Å². The van der Waals surface area contributed by atoms with Crippen molar-refractivity contribution < 1.29 is 4.79 Å². The number of anilines is 1. The minimum atomic E-state index is 0.119. The van der Waals surface area contributed by atoms with Crippen LogP contribution in [0.1, 0.15) is 12.0 Å². The average Bonchev–Trinajstić information content (AvgIpc) is 2.31. The minimum absolute atomic E-state index is 0.119. The largest absolute Gasteiger partial charge is 0.385 e. The van der Waals surface area contributed by atoms with Gasteiger partial charge in [-0.3, -0.25) is 4.79 Å². The molecule has 3 N–H and O–H groups in total. The fourth-order valence-electron chi connectivity index (χ4n) is 1.41. The highest BCUT2D eigenvalue weighted by molar-refractivity contribution is 5.78. The van der Waals surface area contributed by atoms with Gasteiger partial charge in [-0.2, -0.15) is 0 Å². The number of carbonyl (C=O) groups is 1. The summed E-state index contributed by atoms with van der Waals surface area (Å²) in [6, 6.07) is 7.95. The first kappa shape index (κ1) is 13.5. The summed E-state index contributed by atoms with van der Waals surface area (Å²) in [5.74, 6) is 0.119. The molecule has 0 atom stereocenters. The molecule has 0 aliphatic rings. The number of amides is 1. The van der Waals surface area contributed by atoms with Crippen LogP contribution in [0.5, 0.6) is 0 Å².